The van der Waals surface area contributed by atoms with Gasteiger partial charge in [0.1, 0.15) is 12.4 Å². The van der Waals surface area contributed by atoms with Gasteiger partial charge in [0.25, 0.3) is 0 Å². The lowest BCUT2D eigenvalue weighted by atomic mass is 10.1. The van der Waals surface area contributed by atoms with E-state index >= 15 is 0 Å². The van der Waals surface area contributed by atoms with E-state index in [0.717, 1.165) is 12.1 Å². The number of anilines is 1. The van der Waals surface area contributed by atoms with E-state index in [9.17, 15) is 18.0 Å². The molecule has 2 aromatic carbocycles. The number of hydrogen-bond acceptors (Lipinski definition) is 3. The van der Waals surface area contributed by atoms with Crippen LogP contribution in [0.15, 0.2) is 48.5 Å². The fourth-order valence-electron chi connectivity index (χ4n) is 2.30. The lowest BCUT2D eigenvalue weighted by molar-refractivity contribution is -0.137. The minimum Gasteiger partial charge on any atom is -0.489 e. The van der Waals surface area contributed by atoms with E-state index in [2.05, 4.69) is 10.6 Å². The van der Waals surface area contributed by atoms with Gasteiger partial charge >= 0.3 is 6.18 Å². The molecule has 1 amide bonds. The lowest BCUT2D eigenvalue weighted by Crippen LogP contribution is -2.28. The largest absolute Gasteiger partial charge is 0.489 e. The summed E-state index contributed by atoms with van der Waals surface area (Å²) in [7, 11) is 1.78. The van der Waals surface area contributed by atoms with E-state index < -0.39 is 11.7 Å². The second-order valence-electron chi connectivity index (χ2n) is 5.96. The van der Waals surface area contributed by atoms with Gasteiger partial charge in [-0.3, -0.25) is 4.79 Å². The molecular formula is C19H21F3N2O2. The average molecular weight is 366 g/mol. The second kappa shape index (κ2) is 8.71. The Hall–Kier alpha value is -2.54. The molecule has 4 nitrogen and oxygen atoms in total. The molecule has 0 saturated heterocycles. The minimum absolute atomic E-state index is 0.0226. The monoisotopic (exact) mass is 366 g/mol. The topological polar surface area (TPSA) is 50.4 Å². The molecule has 26 heavy (non-hydrogen) atoms. The van der Waals surface area contributed by atoms with E-state index in [1.807, 2.05) is 6.92 Å². The van der Waals surface area contributed by atoms with E-state index in [4.69, 9.17) is 4.74 Å². The molecule has 0 radical (unpaired) electrons. The van der Waals surface area contributed by atoms with Crippen LogP contribution >= 0.6 is 0 Å². The number of amides is 1. The average Bonchev–Trinajstić information content (AvgIpc) is 2.61. The van der Waals surface area contributed by atoms with Crippen LogP contribution in [0.2, 0.25) is 0 Å². The highest BCUT2D eigenvalue weighted by atomic mass is 19.4. The molecule has 1 unspecified atom stereocenters. The third-order valence-corrected chi connectivity index (χ3v) is 3.74. The van der Waals surface area contributed by atoms with E-state index in [0.29, 0.717) is 23.5 Å². The molecule has 0 saturated carbocycles. The molecule has 0 aliphatic rings. The lowest BCUT2D eigenvalue weighted by Gasteiger charge is -2.12. The Balaban J connectivity index is 1.93. The van der Waals surface area contributed by atoms with Gasteiger partial charge in [-0.2, -0.15) is 13.2 Å². The van der Waals surface area contributed by atoms with Gasteiger partial charge in [-0.1, -0.05) is 19.1 Å². The first kappa shape index (κ1) is 19.8. The second-order valence-corrected chi connectivity index (χ2v) is 5.96. The quantitative estimate of drug-likeness (QED) is 0.776. The fraction of sp³-hybridized carbons (Fsp3) is 0.316. The molecule has 2 aromatic rings. The minimum atomic E-state index is -4.37. The number of hydrogen-bond donors (Lipinski definition) is 2. The third-order valence-electron chi connectivity index (χ3n) is 3.74. The van der Waals surface area contributed by atoms with Crippen molar-refractivity contribution in [1.82, 2.24) is 5.32 Å². The van der Waals surface area contributed by atoms with Crippen LogP contribution in [-0.4, -0.2) is 19.5 Å². The van der Waals surface area contributed by atoms with Gasteiger partial charge in [0.2, 0.25) is 5.91 Å². The Kier molecular flexibility index (Phi) is 6.63. The maximum absolute atomic E-state index is 12.7. The number of benzene rings is 2. The maximum Gasteiger partial charge on any atom is 0.416 e. The van der Waals surface area contributed by atoms with Gasteiger partial charge < -0.3 is 15.4 Å². The Bertz CT molecular complexity index is 730. The van der Waals surface area contributed by atoms with Crippen molar-refractivity contribution in [2.45, 2.75) is 19.7 Å². The summed E-state index contributed by atoms with van der Waals surface area (Å²) in [6, 6.07) is 11.7. The number of halogens is 3. The number of ether oxygens (including phenoxy) is 1. The van der Waals surface area contributed by atoms with Gasteiger partial charge in [-0.05, 0) is 49.0 Å². The molecular weight excluding hydrogens is 345 g/mol. The number of carbonyl (C=O) groups is 1. The zero-order chi connectivity index (χ0) is 19.2. The summed E-state index contributed by atoms with van der Waals surface area (Å²) in [6.07, 6.45) is -4.37. The zero-order valence-electron chi connectivity index (χ0n) is 14.6. The molecule has 0 spiro atoms. The standard InChI is InChI=1S/C19H21F3N2O2/c1-13(11-23-2)18(25)24-16-6-8-17(9-7-16)26-12-14-4-3-5-15(10-14)19(20,21)22/h3-10,13,23H,11-12H2,1-2H3,(H,24,25). The highest BCUT2D eigenvalue weighted by molar-refractivity contribution is 5.92. The first-order valence-electron chi connectivity index (χ1n) is 8.14. The van der Waals surface area contributed by atoms with Crippen LogP contribution in [0.3, 0.4) is 0 Å². The normalized spacial score (nSPS) is 12.5. The number of nitrogens with one attached hydrogen (secondary N) is 2. The number of alkyl halides is 3. The molecule has 0 heterocycles. The SMILES string of the molecule is CNCC(C)C(=O)Nc1ccc(OCc2cccc(C(F)(F)F)c2)cc1. The highest BCUT2D eigenvalue weighted by Crippen LogP contribution is 2.29. The van der Waals surface area contributed by atoms with E-state index in [-0.39, 0.29) is 18.4 Å². The zero-order valence-corrected chi connectivity index (χ0v) is 14.6. The molecule has 2 rings (SSSR count). The van der Waals surface area contributed by atoms with Crippen LogP contribution in [0, 0.1) is 5.92 Å². The van der Waals surface area contributed by atoms with Gasteiger partial charge in [0.15, 0.2) is 0 Å². The predicted molar refractivity (Wildman–Crippen MR) is 93.9 cm³/mol. The maximum atomic E-state index is 12.7. The van der Waals surface area contributed by atoms with Crippen molar-refractivity contribution in [3.8, 4) is 5.75 Å². The van der Waals surface area contributed by atoms with E-state index in [1.54, 1.807) is 37.4 Å². The summed E-state index contributed by atoms with van der Waals surface area (Å²) in [5.41, 5.74) is 0.356. The molecule has 2 N–H and O–H groups in total. The Morgan fingerprint density at radius 1 is 1.15 bits per heavy atom. The summed E-state index contributed by atoms with van der Waals surface area (Å²) in [5, 5.41) is 5.73. The van der Waals surface area contributed by atoms with E-state index in [1.165, 1.54) is 6.07 Å². The van der Waals surface area contributed by atoms with Crippen molar-refractivity contribution >= 4 is 11.6 Å². The van der Waals surface area contributed by atoms with Gasteiger partial charge in [0, 0.05) is 18.2 Å². The Labute approximate surface area is 150 Å². The van der Waals surface area contributed by atoms with Crippen LogP contribution < -0.4 is 15.4 Å². The number of rotatable bonds is 7. The summed E-state index contributed by atoms with van der Waals surface area (Å²) >= 11 is 0. The van der Waals surface area contributed by atoms with Crippen molar-refractivity contribution in [1.29, 1.82) is 0 Å². The summed E-state index contributed by atoms with van der Waals surface area (Å²) in [4.78, 5) is 11.9. The van der Waals surface area contributed by atoms with Crippen LogP contribution in [-0.2, 0) is 17.6 Å². The summed E-state index contributed by atoms with van der Waals surface area (Å²) in [5.74, 6) is 0.234. The molecule has 0 aromatic heterocycles. The molecule has 7 heteroatoms. The van der Waals surface area contributed by atoms with Crippen molar-refractivity contribution in [3.05, 3.63) is 59.7 Å². The van der Waals surface area contributed by atoms with Crippen LogP contribution in [0.25, 0.3) is 0 Å². The summed E-state index contributed by atoms with van der Waals surface area (Å²) < 4.78 is 43.6. The van der Waals surface area contributed by atoms with Gasteiger partial charge in [-0.25, -0.2) is 0 Å². The first-order chi connectivity index (χ1) is 12.3. The highest BCUT2D eigenvalue weighted by Gasteiger charge is 2.30. The van der Waals surface area contributed by atoms with Crippen molar-refractivity contribution in [3.63, 3.8) is 0 Å². The van der Waals surface area contributed by atoms with Gasteiger partial charge in [0.05, 0.1) is 5.56 Å². The van der Waals surface area contributed by atoms with Crippen molar-refractivity contribution in [2.24, 2.45) is 5.92 Å². The predicted octanol–water partition coefficient (Wildman–Crippen LogP) is 4.08. The van der Waals surface area contributed by atoms with Crippen molar-refractivity contribution < 1.29 is 22.7 Å². The van der Waals surface area contributed by atoms with Crippen LogP contribution in [0.1, 0.15) is 18.1 Å². The summed E-state index contributed by atoms with van der Waals surface area (Å²) in [6.45, 7) is 2.41. The molecule has 140 valence electrons. The molecule has 1 atom stereocenters. The first-order valence-corrected chi connectivity index (χ1v) is 8.14. The third kappa shape index (κ3) is 5.77. The Morgan fingerprint density at radius 3 is 2.46 bits per heavy atom. The van der Waals surface area contributed by atoms with Gasteiger partial charge in [-0.15, -0.1) is 0 Å². The Morgan fingerprint density at radius 2 is 1.85 bits per heavy atom. The molecule has 0 bridgehead atoms. The smallest absolute Gasteiger partial charge is 0.416 e. The molecule has 0 fully saturated rings. The van der Waals surface area contributed by atoms with Crippen LogP contribution in [0.5, 0.6) is 5.75 Å². The molecule has 0 aliphatic carbocycles. The molecule has 0 aliphatic heterocycles. The number of carbonyl (C=O) groups excluding carboxylic acids is 1. The fourth-order valence-corrected chi connectivity index (χ4v) is 2.30. The van der Waals surface area contributed by atoms with Crippen LogP contribution in [0.4, 0.5) is 18.9 Å². The van der Waals surface area contributed by atoms with Crippen molar-refractivity contribution in [2.75, 3.05) is 18.9 Å².